The van der Waals surface area contributed by atoms with Crippen molar-refractivity contribution in [2.24, 2.45) is 5.92 Å². The number of benzene rings is 1. The molecule has 1 aromatic carbocycles. The average molecular weight is 532 g/mol. The maximum atomic E-state index is 14.6. The van der Waals surface area contributed by atoms with Gasteiger partial charge in [0.05, 0.1) is 17.9 Å². The summed E-state index contributed by atoms with van der Waals surface area (Å²) in [5, 5.41) is 21.6. The lowest BCUT2D eigenvalue weighted by Crippen LogP contribution is -2.50. The van der Waals surface area contributed by atoms with Crippen molar-refractivity contribution >= 4 is 5.91 Å². The Kier molecular flexibility index (Phi) is 12.6. The highest BCUT2D eigenvalue weighted by Gasteiger charge is 2.32. The number of hydrogen-bond acceptors (Lipinski definition) is 7. The summed E-state index contributed by atoms with van der Waals surface area (Å²) < 4.78 is 26.3. The molecular formula is C29H42FN3O5. The highest BCUT2D eigenvalue weighted by atomic mass is 19.1. The van der Waals surface area contributed by atoms with Gasteiger partial charge in [-0.15, -0.1) is 0 Å². The first-order chi connectivity index (χ1) is 18.3. The van der Waals surface area contributed by atoms with Gasteiger partial charge in [0.15, 0.2) is 0 Å². The van der Waals surface area contributed by atoms with Gasteiger partial charge in [-0.1, -0.05) is 32.0 Å². The molecule has 38 heavy (non-hydrogen) atoms. The molecule has 3 atom stereocenters. The molecule has 0 bridgehead atoms. The van der Waals surface area contributed by atoms with Gasteiger partial charge < -0.3 is 24.6 Å². The number of aromatic nitrogens is 1. The van der Waals surface area contributed by atoms with E-state index < -0.39 is 30.0 Å². The van der Waals surface area contributed by atoms with Gasteiger partial charge in [0, 0.05) is 45.6 Å². The Balaban J connectivity index is 1.86. The second-order valence-corrected chi connectivity index (χ2v) is 10.3. The first kappa shape index (κ1) is 30.1. The molecule has 9 heteroatoms. The molecule has 2 heterocycles. The number of hydrogen-bond donors (Lipinski definition) is 2. The van der Waals surface area contributed by atoms with E-state index in [1.54, 1.807) is 18.3 Å². The maximum Gasteiger partial charge on any atom is 0.256 e. The molecule has 2 N–H and O–H groups in total. The minimum Gasteiger partial charge on any atom is -0.388 e. The van der Waals surface area contributed by atoms with Gasteiger partial charge in [-0.05, 0) is 56.0 Å². The van der Waals surface area contributed by atoms with Gasteiger partial charge in [0.2, 0.25) is 0 Å². The smallest absolute Gasteiger partial charge is 0.256 e. The second kappa shape index (κ2) is 15.9. The summed E-state index contributed by atoms with van der Waals surface area (Å²) in [6, 6.07) is 11.7. The third kappa shape index (κ3) is 9.71. The highest BCUT2D eigenvalue weighted by Crippen LogP contribution is 2.16. The third-order valence-electron chi connectivity index (χ3n) is 6.69. The summed E-state index contributed by atoms with van der Waals surface area (Å²) >= 11 is 0. The van der Waals surface area contributed by atoms with Crippen LogP contribution in [0.2, 0.25) is 0 Å². The number of aliphatic hydroxyl groups is 2. The van der Waals surface area contributed by atoms with E-state index in [9.17, 15) is 19.4 Å². The quantitative estimate of drug-likeness (QED) is 0.567. The number of rotatable bonds is 7. The standard InChI is InChI=1S/C29H42FN3O5/c1-22(2)12-18-38-27-20-33(29(36)24-10-3-4-11-25(24)30)16-15-32(19-23-9-5-6-13-31-23)14-7-8-17-37-21-26(34)28(27)35/h3-6,9-11,13,22,26-28,34-35H,7-8,12,14-21H2,1-2H3/t26-,27-,28-/m1/s1. The molecule has 0 spiro atoms. The molecule has 3 rings (SSSR count). The van der Waals surface area contributed by atoms with Gasteiger partial charge in [-0.2, -0.15) is 0 Å². The molecule has 0 aliphatic carbocycles. The van der Waals surface area contributed by atoms with E-state index >= 15 is 0 Å². The van der Waals surface area contributed by atoms with Crippen LogP contribution in [-0.2, 0) is 16.0 Å². The zero-order valence-corrected chi connectivity index (χ0v) is 22.5. The Morgan fingerprint density at radius 3 is 2.66 bits per heavy atom. The lowest BCUT2D eigenvalue weighted by atomic mass is 10.1. The summed E-state index contributed by atoms with van der Waals surface area (Å²) in [5.41, 5.74) is 0.884. The first-order valence-corrected chi connectivity index (χ1v) is 13.6. The van der Waals surface area contributed by atoms with Crippen molar-refractivity contribution in [3.63, 3.8) is 0 Å². The Hall–Kier alpha value is -2.43. The van der Waals surface area contributed by atoms with Crippen LogP contribution in [0.15, 0.2) is 48.7 Å². The number of ether oxygens (including phenoxy) is 2. The van der Waals surface area contributed by atoms with Crippen LogP contribution in [0, 0.1) is 11.7 Å². The molecule has 1 aliphatic rings. The molecule has 1 saturated heterocycles. The minimum atomic E-state index is -1.27. The van der Waals surface area contributed by atoms with Crippen molar-refractivity contribution in [3.05, 3.63) is 65.7 Å². The Morgan fingerprint density at radius 2 is 1.92 bits per heavy atom. The topological polar surface area (TPSA) is 95.4 Å². The van der Waals surface area contributed by atoms with Crippen LogP contribution in [0.3, 0.4) is 0 Å². The Morgan fingerprint density at radius 1 is 1.13 bits per heavy atom. The number of halogens is 1. The summed E-state index contributed by atoms with van der Waals surface area (Å²) in [4.78, 5) is 21.8. The molecule has 0 unspecified atom stereocenters. The van der Waals surface area contributed by atoms with Crippen LogP contribution in [0.5, 0.6) is 0 Å². The van der Waals surface area contributed by atoms with Crippen LogP contribution in [0.4, 0.5) is 4.39 Å². The predicted octanol–water partition coefficient (Wildman–Crippen LogP) is 3.13. The molecule has 2 aromatic rings. The maximum absolute atomic E-state index is 14.6. The number of amides is 1. The van der Waals surface area contributed by atoms with Gasteiger partial charge >= 0.3 is 0 Å². The summed E-state index contributed by atoms with van der Waals surface area (Å²) in [7, 11) is 0. The fraction of sp³-hybridized carbons (Fsp3) is 0.586. The van der Waals surface area contributed by atoms with Crippen LogP contribution >= 0.6 is 0 Å². The van der Waals surface area contributed by atoms with Crippen LogP contribution < -0.4 is 0 Å². The summed E-state index contributed by atoms with van der Waals surface area (Å²) in [6.45, 7) is 7.13. The third-order valence-corrected chi connectivity index (χ3v) is 6.69. The monoisotopic (exact) mass is 531 g/mol. The van der Waals surface area contributed by atoms with Crippen molar-refractivity contribution in [2.75, 3.05) is 46.0 Å². The van der Waals surface area contributed by atoms with E-state index in [-0.39, 0.29) is 18.7 Å². The molecule has 1 aliphatic heterocycles. The normalized spacial score (nSPS) is 22.8. The van der Waals surface area contributed by atoms with Crippen molar-refractivity contribution in [2.45, 2.75) is 58.0 Å². The van der Waals surface area contributed by atoms with Gasteiger partial charge in [-0.25, -0.2) is 4.39 Å². The number of pyridine rings is 1. The zero-order valence-electron chi connectivity index (χ0n) is 22.5. The van der Waals surface area contributed by atoms with Crippen molar-refractivity contribution < 1.29 is 28.9 Å². The summed E-state index contributed by atoms with van der Waals surface area (Å²) in [6.07, 6.45) is 0.845. The van der Waals surface area contributed by atoms with E-state index in [4.69, 9.17) is 9.47 Å². The average Bonchev–Trinajstić information content (AvgIpc) is 2.91. The molecule has 8 nitrogen and oxygen atoms in total. The van der Waals surface area contributed by atoms with Crippen LogP contribution in [-0.4, -0.2) is 95.2 Å². The van der Waals surface area contributed by atoms with Gasteiger partial charge in [-0.3, -0.25) is 14.7 Å². The van der Waals surface area contributed by atoms with E-state index in [0.29, 0.717) is 38.8 Å². The summed E-state index contributed by atoms with van der Waals surface area (Å²) in [5.74, 6) is -0.702. The van der Waals surface area contributed by atoms with Crippen LogP contribution in [0.1, 0.15) is 49.2 Å². The second-order valence-electron chi connectivity index (χ2n) is 10.3. The number of aliphatic hydroxyl groups excluding tert-OH is 2. The van der Waals surface area contributed by atoms with E-state index in [1.165, 1.54) is 17.0 Å². The molecule has 1 fully saturated rings. The zero-order chi connectivity index (χ0) is 27.3. The van der Waals surface area contributed by atoms with Crippen LogP contribution in [0.25, 0.3) is 0 Å². The largest absolute Gasteiger partial charge is 0.388 e. The van der Waals surface area contributed by atoms with E-state index in [0.717, 1.165) is 31.5 Å². The molecular weight excluding hydrogens is 489 g/mol. The molecule has 0 radical (unpaired) electrons. The molecule has 0 saturated carbocycles. The lowest BCUT2D eigenvalue weighted by Gasteiger charge is -2.34. The first-order valence-electron chi connectivity index (χ1n) is 13.6. The Bertz CT molecular complexity index is 964. The number of carbonyl (C=O) groups excluding carboxylic acids is 1. The molecule has 1 amide bonds. The molecule has 210 valence electrons. The SMILES string of the molecule is CC(C)CCO[C@@H]1CN(C(=O)c2ccccc2F)CCN(Cc2ccccn2)CCCCOC[C@@H](O)[C@H]1O. The number of nitrogens with zero attached hydrogens (tertiary/aromatic N) is 3. The molecule has 1 aromatic heterocycles. The Labute approximate surface area is 225 Å². The van der Waals surface area contributed by atoms with Crippen molar-refractivity contribution in [1.82, 2.24) is 14.8 Å². The van der Waals surface area contributed by atoms with E-state index in [2.05, 4.69) is 23.7 Å². The lowest BCUT2D eigenvalue weighted by molar-refractivity contribution is -0.116. The fourth-order valence-electron chi connectivity index (χ4n) is 4.36. The van der Waals surface area contributed by atoms with Crippen molar-refractivity contribution in [1.29, 1.82) is 0 Å². The van der Waals surface area contributed by atoms with Gasteiger partial charge in [0.1, 0.15) is 24.1 Å². The van der Waals surface area contributed by atoms with E-state index in [1.807, 2.05) is 18.2 Å². The van der Waals surface area contributed by atoms with Crippen molar-refractivity contribution in [3.8, 4) is 0 Å². The highest BCUT2D eigenvalue weighted by molar-refractivity contribution is 5.94. The predicted molar refractivity (Wildman–Crippen MR) is 143 cm³/mol. The minimum absolute atomic E-state index is 0.000909. The fourth-order valence-corrected chi connectivity index (χ4v) is 4.36. The van der Waals surface area contributed by atoms with Gasteiger partial charge in [0.25, 0.3) is 5.91 Å². The number of carbonyl (C=O) groups is 1.